The maximum absolute atomic E-state index is 12.4. The van der Waals surface area contributed by atoms with Crippen LogP contribution >= 0.6 is 11.6 Å². The van der Waals surface area contributed by atoms with Gasteiger partial charge in [-0.25, -0.2) is 0 Å². The second kappa shape index (κ2) is 7.70. The molecule has 1 aliphatic rings. The third-order valence-electron chi connectivity index (χ3n) is 4.20. The molecule has 2 amide bonds. The third-order valence-corrected chi connectivity index (χ3v) is 4.45. The zero-order valence-corrected chi connectivity index (χ0v) is 15.1. The monoisotopic (exact) mass is 371 g/mol. The molecule has 26 heavy (non-hydrogen) atoms. The van der Waals surface area contributed by atoms with Crippen molar-refractivity contribution >= 4 is 29.4 Å². The number of ether oxygens (including phenoxy) is 1. The molecule has 0 N–H and O–H groups in total. The summed E-state index contributed by atoms with van der Waals surface area (Å²) >= 11 is 5.80. The summed E-state index contributed by atoms with van der Waals surface area (Å²) < 4.78 is 5.19. The number of esters is 1. The number of carbonyl (C=O) groups excluding carboxylic acids is 3. The summed E-state index contributed by atoms with van der Waals surface area (Å²) in [4.78, 5) is 37.7. The van der Waals surface area contributed by atoms with Gasteiger partial charge in [0.05, 0.1) is 11.1 Å². The molecule has 0 atom stereocenters. The first-order valence-electron chi connectivity index (χ1n) is 8.32. The van der Waals surface area contributed by atoms with Crippen LogP contribution < -0.4 is 0 Å². The van der Waals surface area contributed by atoms with Crippen molar-refractivity contribution in [2.45, 2.75) is 26.4 Å². The lowest BCUT2D eigenvalue weighted by atomic mass is 10.1. The van der Waals surface area contributed by atoms with Gasteiger partial charge in [0.2, 0.25) is 0 Å². The molecule has 1 heterocycles. The molecule has 2 aromatic carbocycles. The van der Waals surface area contributed by atoms with Gasteiger partial charge >= 0.3 is 5.97 Å². The van der Waals surface area contributed by atoms with E-state index in [2.05, 4.69) is 0 Å². The molecule has 0 saturated heterocycles. The highest BCUT2D eigenvalue weighted by Crippen LogP contribution is 2.24. The predicted molar refractivity (Wildman–Crippen MR) is 97.0 cm³/mol. The van der Waals surface area contributed by atoms with Crippen molar-refractivity contribution in [3.63, 3.8) is 0 Å². The van der Waals surface area contributed by atoms with Gasteiger partial charge in [0.15, 0.2) is 0 Å². The van der Waals surface area contributed by atoms with E-state index < -0.39 is 0 Å². The Labute approximate surface area is 156 Å². The molecule has 0 radical (unpaired) electrons. The van der Waals surface area contributed by atoms with Crippen molar-refractivity contribution in [3.8, 4) is 0 Å². The Balaban J connectivity index is 1.47. The molecule has 1 aliphatic heterocycles. The highest BCUT2D eigenvalue weighted by molar-refractivity contribution is 6.30. The molecule has 134 valence electrons. The van der Waals surface area contributed by atoms with Gasteiger partial charge in [-0.2, -0.15) is 0 Å². The summed E-state index contributed by atoms with van der Waals surface area (Å²) in [6.07, 6.45) is 0.504. The van der Waals surface area contributed by atoms with Gasteiger partial charge in [-0.3, -0.25) is 19.3 Å². The predicted octanol–water partition coefficient (Wildman–Crippen LogP) is 3.77. The van der Waals surface area contributed by atoms with Crippen LogP contribution in [0.1, 0.15) is 44.7 Å². The molecular weight excluding hydrogens is 354 g/mol. The summed E-state index contributed by atoms with van der Waals surface area (Å²) in [7, 11) is 0. The molecular formula is C20H18ClNO4. The largest absolute Gasteiger partial charge is 0.461 e. The summed E-state index contributed by atoms with van der Waals surface area (Å²) in [6.45, 7) is 2.24. The number of benzene rings is 2. The van der Waals surface area contributed by atoms with Crippen LogP contribution in [0.2, 0.25) is 5.02 Å². The van der Waals surface area contributed by atoms with Crippen LogP contribution in [0, 0.1) is 6.92 Å². The Kier molecular flexibility index (Phi) is 5.38. The first-order chi connectivity index (χ1) is 12.5. The molecule has 6 heteroatoms. The summed E-state index contributed by atoms with van der Waals surface area (Å²) in [5.74, 6) is -0.977. The molecule has 0 fully saturated rings. The topological polar surface area (TPSA) is 63.7 Å². The van der Waals surface area contributed by atoms with Crippen LogP contribution in [-0.4, -0.2) is 29.2 Å². The number of imide groups is 1. The minimum Gasteiger partial charge on any atom is -0.461 e. The van der Waals surface area contributed by atoms with Crippen LogP contribution in [0.25, 0.3) is 0 Å². The number of nitrogens with zero attached hydrogens (tertiary/aromatic N) is 1. The zero-order chi connectivity index (χ0) is 18.7. The number of hydrogen-bond donors (Lipinski definition) is 0. The minimum absolute atomic E-state index is 0.139. The lowest BCUT2D eigenvalue weighted by Crippen LogP contribution is -2.31. The minimum atomic E-state index is -0.368. The van der Waals surface area contributed by atoms with E-state index in [4.69, 9.17) is 16.3 Å². The van der Waals surface area contributed by atoms with E-state index in [1.165, 1.54) is 4.90 Å². The Bertz CT molecular complexity index is 861. The Morgan fingerprint density at radius 1 is 1.04 bits per heavy atom. The first-order valence-corrected chi connectivity index (χ1v) is 8.70. The number of aryl methyl sites for hydroxylation is 1. The third kappa shape index (κ3) is 3.94. The van der Waals surface area contributed by atoms with Crippen molar-refractivity contribution in [2.75, 3.05) is 6.54 Å². The van der Waals surface area contributed by atoms with Crippen LogP contribution in [-0.2, 0) is 16.1 Å². The highest BCUT2D eigenvalue weighted by Gasteiger charge is 2.34. The molecule has 0 aliphatic carbocycles. The molecule has 0 saturated carbocycles. The number of amides is 2. The van der Waals surface area contributed by atoms with E-state index in [0.717, 1.165) is 11.1 Å². The Hall–Kier alpha value is -2.66. The van der Waals surface area contributed by atoms with E-state index in [1.807, 2.05) is 13.0 Å². The van der Waals surface area contributed by atoms with Gasteiger partial charge in [0.25, 0.3) is 11.8 Å². The van der Waals surface area contributed by atoms with E-state index in [1.54, 1.807) is 36.4 Å². The van der Waals surface area contributed by atoms with Gasteiger partial charge in [-0.05, 0) is 43.2 Å². The molecule has 2 aromatic rings. The first kappa shape index (κ1) is 18.1. The zero-order valence-electron chi connectivity index (χ0n) is 14.3. The van der Waals surface area contributed by atoms with E-state index in [0.29, 0.717) is 22.6 Å². The van der Waals surface area contributed by atoms with Gasteiger partial charge in [0.1, 0.15) is 6.61 Å². The van der Waals surface area contributed by atoms with E-state index in [9.17, 15) is 14.4 Å². The van der Waals surface area contributed by atoms with Gasteiger partial charge in [-0.1, -0.05) is 35.4 Å². The molecule has 5 nitrogen and oxygen atoms in total. The molecule has 3 rings (SSSR count). The van der Waals surface area contributed by atoms with Crippen LogP contribution in [0.5, 0.6) is 0 Å². The number of hydrogen-bond acceptors (Lipinski definition) is 4. The number of rotatable bonds is 6. The van der Waals surface area contributed by atoms with Crippen molar-refractivity contribution in [2.24, 2.45) is 0 Å². The van der Waals surface area contributed by atoms with Gasteiger partial charge < -0.3 is 4.74 Å². The van der Waals surface area contributed by atoms with Crippen molar-refractivity contribution in [1.29, 1.82) is 0 Å². The average Bonchev–Trinajstić information content (AvgIpc) is 2.85. The lowest BCUT2D eigenvalue weighted by Gasteiger charge is -2.13. The number of fused-ring (bicyclic) bond motifs is 1. The maximum atomic E-state index is 12.4. The van der Waals surface area contributed by atoms with Crippen LogP contribution in [0.4, 0.5) is 0 Å². The standard InChI is InChI=1S/C20H18ClNO4/c1-13-4-9-16-17(11-13)20(25)22(19(16)24)10-2-3-18(23)26-12-14-5-7-15(21)8-6-14/h4-9,11H,2-3,10,12H2,1H3. The van der Waals surface area contributed by atoms with E-state index in [-0.39, 0.29) is 37.4 Å². The van der Waals surface area contributed by atoms with Crippen LogP contribution in [0.15, 0.2) is 42.5 Å². The molecule has 0 aromatic heterocycles. The summed E-state index contributed by atoms with van der Waals surface area (Å²) in [5, 5.41) is 0.621. The van der Waals surface area contributed by atoms with Crippen molar-refractivity contribution in [1.82, 2.24) is 4.90 Å². The van der Waals surface area contributed by atoms with E-state index >= 15 is 0 Å². The Morgan fingerprint density at radius 2 is 1.73 bits per heavy atom. The summed E-state index contributed by atoms with van der Waals surface area (Å²) in [5.41, 5.74) is 2.63. The molecule has 0 unspecified atom stereocenters. The fourth-order valence-corrected chi connectivity index (χ4v) is 2.93. The second-order valence-electron chi connectivity index (χ2n) is 6.20. The number of carbonyl (C=O) groups is 3. The lowest BCUT2D eigenvalue weighted by molar-refractivity contribution is -0.145. The smallest absolute Gasteiger partial charge is 0.306 e. The van der Waals surface area contributed by atoms with Crippen molar-refractivity contribution in [3.05, 3.63) is 69.7 Å². The Morgan fingerprint density at radius 3 is 2.46 bits per heavy atom. The van der Waals surface area contributed by atoms with Crippen molar-refractivity contribution < 1.29 is 19.1 Å². The SMILES string of the molecule is Cc1ccc2c(c1)C(=O)N(CCCC(=O)OCc1ccc(Cl)cc1)C2=O. The molecule has 0 bridgehead atoms. The number of halogens is 1. The van der Waals surface area contributed by atoms with Gasteiger partial charge in [-0.15, -0.1) is 0 Å². The maximum Gasteiger partial charge on any atom is 0.306 e. The normalized spacial score (nSPS) is 13.1. The highest BCUT2D eigenvalue weighted by atomic mass is 35.5. The van der Waals surface area contributed by atoms with Crippen LogP contribution in [0.3, 0.4) is 0 Å². The fourth-order valence-electron chi connectivity index (χ4n) is 2.81. The molecule has 0 spiro atoms. The van der Waals surface area contributed by atoms with Gasteiger partial charge in [0, 0.05) is 18.0 Å². The second-order valence-corrected chi connectivity index (χ2v) is 6.64. The average molecular weight is 372 g/mol. The fraction of sp³-hybridized carbons (Fsp3) is 0.250. The summed E-state index contributed by atoms with van der Waals surface area (Å²) in [6, 6.07) is 12.2. The quantitative estimate of drug-likeness (QED) is 0.572.